The second kappa shape index (κ2) is 58.2. The van der Waals surface area contributed by atoms with Crippen LogP contribution in [0.25, 0.3) is 0 Å². The fourth-order valence-electron chi connectivity index (χ4n) is 9.81. The van der Waals surface area contributed by atoms with Crippen LogP contribution in [0.15, 0.2) is 12.2 Å². The topological polar surface area (TPSA) is 95.9 Å². The molecule has 1 amide bonds. The first-order valence-corrected chi connectivity index (χ1v) is 31.0. The zero-order valence-corrected chi connectivity index (χ0v) is 46.1. The van der Waals surface area contributed by atoms with Crippen molar-refractivity contribution in [2.45, 2.75) is 360 Å². The van der Waals surface area contributed by atoms with Crippen LogP contribution in [0.2, 0.25) is 0 Å². The molecule has 0 spiro atoms. The van der Waals surface area contributed by atoms with Gasteiger partial charge in [-0.05, 0) is 32.1 Å². The summed E-state index contributed by atoms with van der Waals surface area (Å²) < 4.78 is 5.47. The van der Waals surface area contributed by atoms with Crippen LogP contribution in [0, 0.1) is 0 Å². The highest BCUT2D eigenvalue weighted by atomic mass is 16.5. The molecular weight excluding hydrogens is 839 g/mol. The summed E-state index contributed by atoms with van der Waals surface area (Å²) >= 11 is 0. The Hall–Kier alpha value is -1.40. The van der Waals surface area contributed by atoms with Crippen LogP contribution in [0.5, 0.6) is 0 Å². The predicted molar refractivity (Wildman–Crippen MR) is 297 cm³/mol. The molecule has 0 aromatic carbocycles. The normalized spacial score (nSPS) is 12.6. The number of unbranched alkanes of at least 4 members (excludes halogenated alkanes) is 47. The van der Waals surface area contributed by atoms with E-state index in [9.17, 15) is 19.8 Å². The zero-order chi connectivity index (χ0) is 49.3. The van der Waals surface area contributed by atoms with E-state index in [4.69, 9.17) is 4.74 Å². The van der Waals surface area contributed by atoms with Gasteiger partial charge in [-0.15, -0.1) is 0 Å². The first-order chi connectivity index (χ1) is 33.5. The molecule has 0 heterocycles. The number of nitrogens with one attached hydrogen (secondary N) is 1. The largest absolute Gasteiger partial charge is 0.466 e. The molecule has 0 fully saturated rings. The van der Waals surface area contributed by atoms with E-state index in [-0.39, 0.29) is 18.5 Å². The predicted octanol–water partition coefficient (Wildman–Crippen LogP) is 19.2. The molecule has 0 aliphatic rings. The lowest BCUT2D eigenvalue weighted by Crippen LogP contribution is -2.45. The Bertz CT molecular complexity index is 1020. The zero-order valence-electron chi connectivity index (χ0n) is 46.1. The number of hydrogen-bond donors (Lipinski definition) is 3. The first kappa shape index (κ1) is 66.6. The maximum absolute atomic E-state index is 12.4. The van der Waals surface area contributed by atoms with Gasteiger partial charge in [-0.3, -0.25) is 9.59 Å². The second-order valence-corrected chi connectivity index (χ2v) is 21.4. The number of rotatable bonds is 58. The molecule has 0 saturated heterocycles. The third kappa shape index (κ3) is 53.9. The van der Waals surface area contributed by atoms with Crippen LogP contribution >= 0.6 is 0 Å². The summed E-state index contributed by atoms with van der Waals surface area (Å²) in [6.45, 7) is 4.90. The van der Waals surface area contributed by atoms with Crippen molar-refractivity contribution in [3.05, 3.63) is 12.2 Å². The standard InChI is InChI=1S/C62H121NO5/c1-3-5-7-9-11-13-35-40-44-48-52-56-62(67)68-57-53-49-45-41-37-34-32-30-28-26-24-22-20-18-16-15-17-19-21-23-25-27-29-31-33-36-39-43-47-51-55-61(66)63-59(58-64)60(65)54-50-46-42-38-14-12-10-8-6-4-2/h50,54,59-60,64-65H,3-49,51-53,55-58H2,1-2H3,(H,63,66)/b54-50+. The smallest absolute Gasteiger partial charge is 0.305 e. The molecule has 0 radical (unpaired) electrons. The van der Waals surface area contributed by atoms with Gasteiger partial charge in [0.15, 0.2) is 0 Å². The fourth-order valence-corrected chi connectivity index (χ4v) is 9.81. The molecule has 0 aliphatic carbocycles. The molecule has 0 aromatic heterocycles. The maximum atomic E-state index is 12.4. The minimum atomic E-state index is -0.838. The van der Waals surface area contributed by atoms with Crippen molar-refractivity contribution in [2.24, 2.45) is 0 Å². The van der Waals surface area contributed by atoms with Gasteiger partial charge in [0.1, 0.15) is 0 Å². The summed E-state index contributed by atoms with van der Waals surface area (Å²) in [5, 5.41) is 23.0. The molecule has 0 bridgehead atoms. The number of hydrogen-bond acceptors (Lipinski definition) is 5. The second-order valence-electron chi connectivity index (χ2n) is 21.4. The summed E-state index contributed by atoms with van der Waals surface area (Å²) in [5.74, 6) is -0.0448. The average molecular weight is 961 g/mol. The molecule has 6 nitrogen and oxygen atoms in total. The Morgan fingerprint density at radius 3 is 1.00 bits per heavy atom. The molecule has 3 N–H and O–H groups in total. The monoisotopic (exact) mass is 960 g/mol. The van der Waals surface area contributed by atoms with Crippen LogP contribution < -0.4 is 5.32 Å². The first-order valence-electron chi connectivity index (χ1n) is 31.0. The molecule has 2 atom stereocenters. The third-order valence-electron chi connectivity index (χ3n) is 14.6. The van der Waals surface area contributed by atoms with Gasteiger partial charge in [-0.25, -0.2) is 0 Å². The van der Waals surface area contributed by atoms with Gasteiger partial charge in [0.2, 0.25) is 5.91 Å². The Morgan fingerprint density at radius 2 is 0.676 bits per heavy atom. The van der Waals surface area contributed by atoms with Crippen molar-refractivity contribution in [1.82, 2.24) is 5.32 Å². The number of carbonyl (C=O) groups excluding carboxylic acids is 2. The lowest BCUT2D eigenvalue weighted by Gasteiger charge is -2.20. The molecule has 0 aromatic rings. The minimum Gasteiger partial charge on any atom is -0.466 e. The Kier molecular flexibility index (Phi) is 57.0. The fraction of sp³-hybridized carbons (Fsp3) is 0.935. The Balaban J connectivity index is 3.31. The Morgan fingerprint density at radius 1 is 0.397 bits per heavy atom. The highest BCUT2D eigenvalue weighted by Gasteiger charge is 2.18. The average Bonchev–Trinajstić information content (AvgIpc) is 3.34. The molecular formula is C62H121NO5. The van der Waals surface area contributed by atoms with E-state index in [0.717, 1.165) is 38.5 Å². The van der Waals surface area contributed by atoms with Crippen LogP contribution in [0.3, 0.4) is 0 Å². The van der Waals surface area contributed by atoms with E-state index < -0.39 is 12.1 Å². The van der Waals surface area contributed by atoms with E-state index in [1.807, 2.05) is 6.08 Å². The SMILES string of the molecule is CCCCCCCCCC/C=C/C(O)C(CO)NC(=O)CCCCCCCCCCCCCCCCCCCCCCCCCCCCCCCCOC(=O)CCCCCCCCCCCCC. The molecule has 404 valence electrons. The van der Waals surface area contributed by atoms with Crippen molar-refractivity contribution in [1.29, 1.82) is 0 Å². The summed E-state index contributed by atoms with van der Waals surface area (Å²) in [5.41, 5.74) is 0. The van der Waals surface area contributed by atoms with Gasteiger partial charge in [-0.1, -0.05) is 315 Å². The highest BCUT2D eigenvalue weighted by Crippen LogP contribution is 2.18. The Labute approximate surface area is 425 Å². The van der Waals surface area contributed by atoms with Gasteiger partial charge in [0.25, 0.3) is 0 Å². The van der Waals surface area contributed by atoms with Gasteiger partial charge in [0, 0.05) is 12.8 Å². The van der Waals surface area contributed by atoms with Crippen LogP contribution in [-0.4, -0.2) is 47.4 Å². The lowest BCUT2D eigenvalue weighted by atomic mass is 10.0. The molecule has 0 aliphatic heterocycles. The van der Waals surface area contributed by atoms with E-state index in [1.54, 1.807) is 6.08 Å². The number of amides is 1. The van der Waals surface area contributed by atoms with Gasteiger partial charge >= 0.3 is 5.97 Å². The summed E-state index contributed by atoms with van der Waals surface area (Å²) in [6, 6.07) is -0.622. The molecule has 0 saturated carbocycles. The van der Waals surface area contributed by atoms with Crippen molar-refractivity contribution in [2.75, 3.05) is 13.2 Å². The van der Waals surface area contributed by atoms with E-state index in [1.165, 1.54) is 283 Å². The minimum absolute atomic E-state index is 0.0198. The van der Waals surface area contributed by atoms with Gasteiger partial charge < -0.3 is 20.3 Å². The number of allylic oxidation sites excluding steroid dienone is 1. The number of carbonyl (C=O) groups is 2. The van der Waals surface area contributed by atoms with Crippen molar-refractivity contribution in [3.63, 3.8) is 0 Å². The van der Waals surface area contributed by atoms with Gasteiger partial charge in [-0.2, -0.15) is 0 Å². The molecule has 6 heteroatoms. The van der Waals surface area contributed by atoms with Crippen molar-refractivity contribution >= 4 is 11.9 Å². The number of esters is 1. The van der Waals surface area contributed by atoms with E-state index in [0.29, 0.717) is 19.4 Å². The number of aliphatic hydroxyl groups is 2. The summed E-state index contributed by atoms with van der Waals surface area (Å²) in [6.07, 6.45) is 69.9. The quantitative estimate of drug-likeness (QED) is 0.0321. The molecule has 0 rings (SSSR count). The summed E-state index contributed by atoms with van der Waals surface area (Å²) in [7, 11) is 0. The molecule has 2 unspecified atom stereocenters. The summed E-state index contributed by atoms with van der Waals surface area (Å²) in [4.78, 5) is 24.4. The number of aliphatic hydroxyl groups excluding tert-OH is 2. The highest BCUT2D eigenvalue weighted by molar-refractivity contribution is 5.76. The number of ether oxygens (including phenoxy) is 1. The van der Waals surface area contributed by atoms with E-state index >= 15 is 0 Å². The van der Waals surface area contributed by atoms with Crippen LogP contribution in [0.1, 0.15) is 348 Å². The third-order valence-corrected chi connectivity index (χ3v) is 14.6. The van der Waals surface area contributed by atoms with Crippen molar-refractivity contribution in [3.8, 4) is 0 Å². The van der Waals surface area contributed by atoms with Gasteiger partial charge in [0.05, 0.1) is 25.4 Å². The van der Waals surface area contributed by atoms with Crippen molar-refractivity contribution < 1.29 is 24.5 Å². The van der Waals surface area contributed by atoms with Crippen LogP contribution in [0.4, 0.5) is 0 Å². The van der Waals surface area contributed by atoms with E-state index in [2.05, 4.69) is 19.2 Å². The lowest BCUT2D eigenvalue weighted by molar-refractivity contribution is -0.143. The molecule has 68 heavy (non-hydrogen) atoms. The maximum Gasteiger partial charge on any atom is 0.305 e. The van der Waals surface area contributed by atoms with Crippen LogP contribution in [-0.2, 0) is 14.3 Å².